The fourth-order valence-corrected chi connectivity index (χ4v) is 2.98. The molecule has 2 N–H and O–H groups in total. The van der Waals surface area contributed by atoms with E-state index < -0.39 is 20.9 Å². The third-order valence-electron chi connectivity index (χ3n) is 2.85. The summed E-state index contributed by atoms with van der Waals surface area (Å²) >= 11 is 1.92. The van der Waals surface area contributed by atoms with Gasteiger partial charge >= 0.3 is 0 Å². The fourth-order valence-electron chi connectivity index (χ4n) is 1.83. The maximum absolute atomic E-state index is 12.3. The quantitative estimate of drug-likeness (QED) is 0.404. The van der Waals surface area contributed by atoms with Gasteiger partial charge in [0.25, 0.3) is 11.6 Å². The molecule has 1 amide bonds. The molecule has 0 aliphatic carbocycles. The van der Waals surface area contributed by atoms with Crippen molar-refractivity contribution in [3.05, 3.63) is 61.7 Å². The summed E-state index contributed by atoms with van der Waals surface area (Å²) in [5.41, 5.74) is 0.804. The summed E-state index contributed by atoms with van der Waals surface area (Å²) in [4.78, 5) is 22.5. The summed E-state index contributed by atoms with van der Waals surface area (Å²) in [6.07, 6.45) is 1.03. The summed E-state index contributed by atoms with van der Waals surface area (Å²) in [7, 11) is -3.38. The molecule has 0 spiro atoms. The second kappa shape index (κ2) is 7.13. The van der Waals surface area contributed by atoms with Crippen LogP contribution in [0, 0.1) is 13.7 Å². The number of sulfonamides is 1. The van der Waals surface area contributed by atoms with E-state index >= 15 is 0 Å². The maximum atomic E-state index is 12.3. The first-order chi connectivity index (χ1) is 11.2. The average molecular weight is 461 g/mol. The summed E-state index contributed by atoms with van der Waals surface area (Å²) < 4.78 is 25.2. The van der Waals surface area contributed by atoms with Crippen LogP contribution < -0.4 is 10.0 Å². The van der Waals surface area contributed by atoms with Crippen molar-refractivity contribution in [1.82, 2.24) is 0 Å². The molecule has 0 saturated heterocycles. The zero-order chi connectivity index (χ0) is 17.9. The van der Waals surface area contributed by atoms with E-state index in [1.54, 1.807) is 0 Å². The van der Waals surface area contributed by atoms with Crippen LogP contribution in [0.4, 0.5) is 17.1 Å². The standard InChI is InChI=1S/C14H12IN3O5S/c1-24(22,23)17-10-4-2-9(3-5-10)16-14(19)12-8-11(18(20)21)6-7-13(12)15/h2-8,17H,1H3,(H,16,19). The molecule has 0 aromatic heterocycles. The molecule has 0 bridgehead atoms. The number of nitrogens with one attached hydrogen (secondary N) is 2. The number of amides is 1. The third-order valence-corrected chi connectivity index (χ3v) is 4.40. The molecule has 2 aromatic rings. The highest BCUT2D eigenvalue weighted by Crippen LogP contribution is 2.21. The van der Waals surface area contributed by atoms with Crippen molar-refractivity contribution in [1.29, 1.82) is 0 Å². The van der Waals surface area contributed by atoms with Crippen molar-refractivity contribution in [2.24, 2.45) is 0 Å². The molecule has 0 unspecified atom stereocenters. The Morgan fingerprint density at radius 2 is 1.71 bits per heavy atom. The lowest BCUT2D eigenvalue weighted by molar-refractivity contribution is -0.384. The number of non-ortho nitro benzene ring substituents is 1. The van der Waals surface area contributed by atoms with Crippen LogP contribution in [0.5, 0.6) is 0 Å². The van der Waals surface area contributed by atoms with E-state index in [1.165, 1.54) is 42.5 Å². The van der Waals surface area contributed by atoms with Crippen LogP contribution in [0.3, 0.4) is 0 Å². The number of nitro benzene ring substituents is 1. The minimum Gasteiger partial charge on any atom is -0.322 e. The van der Waals surface area contributed by atoms with E-state index in [-0.39, 0.29) is 11.3 Å². The number of anilines is 2. The number of halogens is 1. The van der Waals surface area contributed by atoms with Crippen LogP contribution in [-0.2, 0) is 10.0 Å². The minimum atomic E-state index is -3.38. The van der Waals surface area contributed by atoms with Gasteiger partial charge in [-0.3, -0.25) is 19.6 Å². The van der Waals surface area contributed by atoms with Gasteiger partial charge in [-0.25, -0.2) is 8.42 Å². The molecule has 24 heavy (non-hydrogen) atoms. The molecule has 126 valence electrons. The Bertz CT molecular complexity index is 897. The molecule has 2 rings (SSSR count). The van der Waals surface area contributed by atoms with E-state index in [2.05, 4.69) is 10.0 Å². The van der Waals surface area contributed by atoms with Gasteiger partial charge in [-0.1, -0.05) is 0 Å². The Balaban J connectivity index is 2.18. The van der Waals surface area contributed by atoms with Gasteiger partial charge in [-0.15, -0.1) is 0 Å². The summed E-state index contributed by atoms with van der Waals surface area (Å²) in [5.74, 6) is -0.494. The number of rotatable bonds is 5. The van der Waals surface area contributed by atoms with Gasteiger partial charge in [0, 0.05) is 27.1 Å². The molecular weight excluding hydrogens is 449 g/mol. The van der Waals surface area contributed by atoms with Crippen molar-refractivity contribution >= 4 is 55.6 Å². The number of benzene rings is 2. The highest BCUT2D eigenvalue weighted by atomic mass is 127. The number of hydrogen-bond donors (Lipinski definition) is 2. The highest BCUT2D eigenvalue weighted by Gasteiger charge is 2.15. The Morgan fingerprint density at radius 3 is 2.25 bits per heavy atom. The molecule has 8 nitrogen and oxygen atoms in total. The van der Waals surface area contributed by atoms with Crippen molar-refractivity contribution in [2.45, 2.75) is 0 Å². The third kappa shape index (κ3) is 4.89. The Hall–Kier alpha value is -2.21. The van der Waals surface area contributed by atoms with Gasteiger partial charge in [0.1, 0.15) is 0 Å². The van der Waals surface area contributed by atoms with Crippen LogP contribution >= 0.6 is 22.6 Å². The highest BCUT2D eigenvalue weighted by molar-refractivity contribution is 14.1. The van der Waals surface area contributed by atoms with Crippen LogP contribution in [0.25, 0.3) is 0 Å². The second-order valence-corrected chi connectivity index (χ2v) is 7.74. The van der Waals surface area contributed by atoms with Crippen LogP contribution in [0.15, 0.2) is 42.5 Å². The lowest BCUT2D eigenvalue weighted by atomic mass is 10.2. The van der Waals surface area contributed by atoms with Gasteiger partial charge in [0.05, 0.1) is 16.7 Å². The molecule has 0 atom stereocenters. The van der Waals surface area contributed by atoms with Gasteiger partial charge < -0.3 is 5.32 Å². The first-order valence-electron chi connectivity index (χ1n) is 6.49. The van der Waals surface area contributed by atoms with Crippen molar-refractivity contribution in [3.8, 4) is 0 Å². The van der Waals surface area contributed by atoms with Gasteiger partial charge in [0.2, 0.25) is 10.0 Å². The predicted octanol–water partition coefficient (Wildman–Crippen LogP) is 2.82. The lowest BCUT2D eigenvalue weighted by Crippen LogP contribution is -2.14. The molecule has 0 aliphatic heterocycles. The Kier molecular flexibility index (Phi) is 5.39. The molecule has 0 aliphatic rings. The van der Waals surface area contributed by atoms with Crippen LogP contribution in [0.1, 0.15) is 10.4 Å². The Labute approximate surface area is 151 Å². The molecule has 0 radical (unpaired) electrons. The van der Waals surface area contributed by atoms with Crippen LogP contribution in [-0.4, -0.2) is 25.5 Å². The van der Waals surface area contributed by atoms with E-state index in [4.69, 9.17) is 0 Å². The zero-order valence-electron chi connectivity index (χ0n) is 12.3. The summed E-state index contributed by atoms with van der Waals surface area (Å²) in [5, 5.41) is 13.4. The van der Waals surface area contributed by atoms with Gasteiger partial charge in [-0.2, -0.15) is 0 Å². The largest absolute Gasteiger partial charge is 0.322 e. The average Bonchev–Trinajstić information content (AvgIpc) is 2.48. The molecule has 10 heteroatoms. The molecule has 0 heterocycles. The topological polar surface area (TPSA) is 118 Å². The molecule has 0 fully saturated rings. The SMILES string of the molecule is CS(=O)(=O)Nc1ccc(NC(=O)c2cc([N+](=O)[O-])ccc2I)cc1. The van der Waals surface area contributed by atoms with E-state index in [0.29, 0.717) is 14.9 Å². The first kappa shape index (κ1) is 18.1. The number of carbonyl (C=O) groups excluding carboxylic acids is 1. The molecular formula is C14H12IN3O5S. The number of hydrogen-bond acceptors (Lipinski definition) is 5. The van der Waals surface area contributed by atoms with Crippen LogP contribution in [0.2, 0.25) is 0 Å². The van der Waals surface area contributed by atoms with Crippen molar-refractivity contribution in [3.63, 3.8) is 0 Å². The summed E-state index contributed by atoms with van der Waals surface area (Å²) in [6, 6.07) is 10.1. The predicted molar refractivity (Wildman–Crippen MR) is 98.7 cm³/mol. The number of nitro groups is 1. The molecule has 2 aromatic carbocycles. The number of carbonyl (C=O) groups is 1. The smallest absolute Gasteiger partial charge is 0.270 e. The van der Waals surface area contributed by atoms with E-state index in [1.807, 2.05) is 22.6 Å². The number of nitrogens with zero attached hydrogens (tertiary/aromatic N) is 1. The Morgan fingerprint density at radius 1 is 1.12 bits per heavy atom. The van der Waals surface area contributed by atoms with Gasteiger partial charge in [0.15, 0.2) is 0 Å². The monoisotopic (exact) mass is 461 g/mol. The molecule has 0 saturated carbocycles. The van der Waals surface area contributed by atoms with Crippen molar-refractivity contribution < 1.29 is 18.1 Å². The van der Waals surface area contributed by atoms with Gasteiger partial charge in [-0.05, 0) is 52.9 Å². The lowest BCUT2D eigenvalue weighted by Gasteiger charge is -2.08. The van der Waals surface area contributed by atoms with Crippen molar-refractivity contribution in [2.75, 3.05) is 16.3 Å². The van der Waals surface area contributed by atoms with E-state index in [0.717, 1.165) is 6.26 Å². The maximum Gasteiger partial charge on any atom is 0.270 e. The zero-order valence-corrected chi connectivity index (χ0v) is 15.3. The normalized spacial score (nSPS) is 10.9. The van der Waals surface area contributed by atoms with E-state index in [9.17, 15) is 23.3 Å². The first-order valence-corrected chi connectivity index (χ1v) is 9.46. The fraction of sp³-hybridized carbons (Fsp3) is 0.0714. The minimum absolute atomic E-state index is 0.173. The summed E-state index contributed by atoms with van der Waals surface area (Å²) in [6.45, 7) is 0. The second-order valence-electron chi connectivity index (χ2n) is 4.83.